The van der Waals surface area contributed by atoms with Gasteiger partial charge in [-0.3, -0.25) is 0 Å². The molecule has 0 aliphatic carbocycles. The number of carbonyl (C=O) groups is 1. The molecule has 0 spiro atoms. The summed E-state index contributed by atoms with van der Waals surface area (Å²) < 4.78 is 9.51. The van der Waals surface area contributed by atoms with Crippen LogP contribution in [0.1, 0.15) is 15.9 Å². The molecule has 0 heterocycles. The lowest BCUT2D eigenvalue weighted by atomic mass is 10.1. The van der Waals surface area contributed by atoms with E-state index in [4.69, 9.17) is 21.6 Å². The van der Waals surface area contributed by atoms with Crippen molar-refractivity contribution in [3.05, 3.63) is 28.3 Å². The van der Waals surface area contributed by atoms with Gasteiger partial charge in [-0.1, -0.05) is 11.6 Å². The van der Waals surface area contributed by atoms with Gasteiger partial charge in [0.25, 0.3) is 0 Å². The van der Waals surface area contributed by atoms with Crippen molar-refractivity contribution in [1.29, 1.82) is 5.26 Å². The summed E-state index contributed by atoms with van der Waals surface area (Å²) in [6.07, 6.45) is 0. The van der Waals surface area contributed by atoms with Crippen molar-refractivity contribution in [2.45, 2.75) is 0 Å². The van der Waals surface area contributed by atoms with E-state index in [0.717, 1.165) is 0 Å². The second-order valence-corrected chi connectivity index (χ2v) is 3.01. The van der Waals surface area contributed by atoms with Crippen molar-refractivity contribution in [1.82, 2.24) is 0 Å². The summed E-state index contributed by atoms with van der Waals surface area (Å²) in [5.74, 6) is -0.495. The first-order chi connectivity index (χ1) is 7.15. The third-order valence-corrected chi connectivity index (χ3v) is 2.14. The fraction of sp³-hybridized carbons (Fsp3) is 0.200. The molecule has 1 aromatic rings. The van der Waals surface area contributed by atoms with Gasteiger partial charge in [0, 0.05) is 0 Å². The molecular formula is C10H8ClNO3. The molecule has 15 heavy (non-hydrogen) atoms. The van der Waals surface area contributed by atoms with E-state index in [1.165, 1.54) is 26.4 Å². The summed E-state index contributed by atoms with van der Waals surface area (Å²) in [5.41, 5.74) is 0.308. The fourth-order valence-corrected chi connectivity index (χ4v) is 1.38. The summed E-state index contributed by atoms with van der Waals surface area (Å²) in [5, 5.41) is 8.99. The monoisotopic (exact) mass is 225 g/mol. The number of hydrogen-bond acceptors (Lipinski definition) is 4. The summed E-state index contributed by atoms with van der Waals surface area (Å²) in [6, 6.07) is 4.83. The topological polar surface area (TPSA) is 59.3 Å². The Morgan fingerprint density at radius 2 is 2.13 bits per heavy atom. The van der Waals surface area contributed by atoms with Gasteiger partial charge in [0.15, 0.2) is 5.75 Å². The number of esters is 1. The van der Waals surface area contributed by atoms with Gasteiger partial charge in [0.05, 0.1) is 24.8 Å². The van der Waals surface area contributed by atoms with E-state index >= 15 is 0 Å². The second kappa shape index (κ2) is 4.67. The Morgan fingerprint density at radius 1 is 1.47 bits per heavy atom. The molecule has 4 nitrogen and oxygen atoms in total. The van der Waals surface area contributed by atoms with E-state index in [9.17, 15) is 4.79 Å². The molecule has 0 saturated heterocycles. The van der Waals surface area contributed by atoms with Crippen LogP contribution in [-0.4, -0.2) is 20.2 Å². The molecule has 5 heteroatoms. The second-order valence-electron chi connectivity index (χ2n) is 2.61. The summed E-state index contributed by atoms with van der Waals surface area (Å²) in [6.45, 7) is 0. The quantitative estimate of drug-likeness (QED) is 0.723. The van der Waals surface area contributed by atoms with Crippen LogP contribution in [0.5, 0.6) is 5.75 Å². The molecule has 0 atom stereocenters. The van der Waals surface area contributed by atoms with E-state index in [1.807, 2.05) is 6.07 Å². The molecule has 78 valence electrons. The zero-order valence-electron chi connectivity index (χ0n) is 8.20. The highest BCUT2D eigenvalue weighted by Crippen LogP contribution is 2.30. The zero-order chi connectivity index (χ0) is 11.4. The molecule has 0 fully saturated rings. The minimum Gasteiger partial charge on any atom is -0.494 e. The molecule has 0 aromatic heterocycles. The first-order valence-electron chi connectivity index (χ1n) is 4.00. The highest BCUT2D eigenvalue weighted by Gasteiger charge is 2.20. The molecule has 0 amide bonds. The Kier molecular flexibility index (Phi) is 3.53. The number of nitriles is 1. The standard InChI is InChI=1S/C10H8ClNO3/c1-14-9-6(5-12)3-4-7(11)8(9)10(13)15-2/h3-4H,1-2H3. The first kappa shape index (κ1) is 11.3. The third-order valence-electron chi connectivity index (χ3n) is 1.82. The predicted octanol–water partition coefficient (Wildman–Crippen LogP) is 2.01. The molecular weight excluding hydrogens is 218 g/mol. The van der Waals surface area contributed by atoms with E-state index in [1.54, 1.807) is 0 Å². The Hall–Kier alpha value is -1.73. The zero-order valence-corrected chi connectivity index (χ0v) is 8.96. The molecule has 1 aromatic carbocycles. The molecule has 0 bridgehead atoms. The maximum Gasteiger partial charge on any atom is 0.343 e. The molecule has 0 aliphatic rings. The number of carbonyl (C=O) groups excluding carboxylic acids is 1. The molecule has 0 radical (unpaired) electrons. The average molecular weight is 226 g/mol. The smallest absolute Gasteiger partial charge is 0.343 e. The number of hydrogen-bond donors (Lipinski definition) is 0. The average Bonchev–Trinajstić information content (AvgIpc) is 2.27. The Balaban J connectivity index is 3.47. The minimum absolute atomic E-state index is 0.0701. The molecule has 1 rings (SSSR count). The van der Waals surface area contributed by atoms with E-state index in [0.29, 0.717) is 0 Å². The maximum atomic E-state index is 11.4. The van der Waals surface area contributed by atoms with Gasteiger partial charge in [-0.05, 0) is 12.1 Å². The van der Waals surface area contributed by atoms with Gasteiger partial charge in [-0.25, -0.2) is 4.79 Å². The van der Waals surface area contributed by atoms with Crippen molar-refractivity contribution in [3.63, 3.8) is 0 Å². The largest absolute Gasteiger partial charge is 0.494 e. The van der Waals surface area contributed by atoms with Crippen LogP contribution in [0.2, 0.25) is 5.02 Å². The van der Waals surface area contributed by atoms with Crippen molar-refractivity contribution < 1.29 is 14.3 Å². The summed E-state index contributed by atoms with van der Waals surface area (Å²) in [7, 11) is 2.59. The van der Waals surface area contributed by atoms with Gasteiger partial charge < -0.3 is 9.47 Å². The van der Waals surface area contributed by atoms with Crippen LogP contribution in [0.4, 0.5) is 0 Å². The predicted molar refractivity (Wildman–Crippen MR) is 54.1 cm³/mol. The number of halogens is 1. The van der Waals surface area contributed by atoms with E-state index in [2.05, 4.69) is 4.74 Å². The molecule has 0 aliphatic heterocycles. The Morgan fingerprint density at radius 3 is 2.60 bits per heavy atom. The number of rotatable bonds is 2. The number of nitrogens with zero attached hydrogens (tertiary/aromatic N) is 1. The number of ether oxygens (including phenoxy) is 2. The lowest BCUT2D eigenvalue weighted by molar-refractivity contribution is 0.0597. The van der Waals surface area contributed by atoms with Gasteiger partial charge in [-0.15, -0.1) is 0 Å². The highest BCUT2D eigenvalue weighted by atomic mass is 35.5. The number of benzene rings is 1. The highest BCUT2D eigenvalue weighted by molar-refractivity contribution is 6.34. The van der Waals surface area contributed by atoms with Crippen LogP contribution in [0, 0.1) is 11.3 Å². The lowest BCUT2D eigenvalue weighted by Gasteiger charge is -2.09. The van der Waals surface area contributed by atoms with Gasteiger partial charge in [0.1, 0.15) is 11.6 Å². The van der Waals surface area contributed by atoms with Gasteiger partial charge >= 0.3 is 5.97 Å². The molecule has 0 N–H and O–H groups in total. The van der Waals surface area contributed by atoms with Crippen LogP contribution < -0.4 is 4.74 Å². The van der Waals surface area contributed by atoms with E-state index in [-0.39, 0.29) is 21.9 Å². The van der Waals surface area contributed by atoms with Crippen molar-refractivity contribution in [2.75, 3.05) is 14.2 Å². The SMILES string of the molecule is COC(=O)c1c(Cl)ccc(C#N)c1OC. The Bertz CT molecular complexity index is 437. The third kappa shape index (κ3) is 2.03. The van der Waals surface area contributed by atoms with Gasteiger partial charge in [0.2, 0.25) is 0 Å². The summed E-state index contributed by atoms with van der Waals surface area (Å²) in [4.78, 5) is 11.4. The van der Waals surface area contributed by atoms with Crippen LogP contribution in [0.15, 0.2) is 12.1 Å². The van der Waals surface area contributed by atoms with E-state index < -0.39 is 5.97 Å². The van der Waals surface area contributed by atoms with Crippen LogP contribution >= 0.6 is 11.6 Å². The first-order valence-corrected chi connectivity index (χ1v) is 4.38. The van der Waals surface area contributed by atoms with Crippen molar-refractivity contribution in [3.8, 4) is 11.8 Å². The van der Waals surface area contributed by atoms with Gasteiger partial charge in [-0.2, -0.15) is 5.26 Å². The van der Waals surface area contributed by atoms with Crippen molar-refractivity contribution >= 4 is 17.6 Å². The lowest BCUT2D eigenvalue weighted by Crippen LogP contribution is -2.06. The van der Waals surface area contributed by atoms with Crippen molar-refractivity contribution in [2.24, 2.45) is 0 Å². The van der Waals surface area contributed by atoms with Crippen LogP contribution in [0.3, 0.4) is 0 Å². The van der Waals surface area contributed by atoms with Crippen LogP contribution in [-0.2, 0) is 4.74 Å². The van der Waals surface area contributed by atoms with Crippen LogP contribution in [0.25, 0.3) is 0 Å². The fourth-order valence-electron chi connectivity index (χ4n) is 1.15. The molecule has 0 saturated carbocycles. The molecule has 0 unspecified atom stereocenters. The normalized spacial score (nSPS) is 9.20. The maximum absolute atomic E-state index is 11.4. The Labute approximate surface area is 92.0 Å². The number of methoxy groups -OCH3 is 2. The minimum atomic E-state index is -0.631. The summed E-state index contributed by atoms with van der Waals surface area (Å²) >= 11 is 5.82.